The fraction of sp³-hybridized carbons (Fsp3) is 0.333. The molecule has 1 atom stereocenters. The van der Waals surface area contributed by atoms with Gasteiger partial charge in [0.15, 0.2) is 0 Å². The Morgan fingerprint density at radius 2 is 1.53 bits per heavy atom. The Kier molecular flexibility index (Phi) is 7.07. The molecule has 1 aliphatic heterocycles. The lowest BCUT2D eigenvalue weighted by Gasteiger charge is -2.19. The Hall–Kier alpha value is -3.80. The summed E-state index contributed by atoms with van der Waals surface area (Å²) in [5.74, 6) is 6.62. The molecule has 3 N–H and O–H groups in total. The first-order valence-electron chi connectivity index (χ1n) is 12.3. The van der Waals surface area contributed by atoms with E-state index in [0.29, 0.717) is 18.4 Å². The quantitative estimate of drug-likeness (QED) is 0.198. The normalized spacial score (nSPS) is 16.2. The molecule has 0 saturated carbocycles. The standard InChI is InChI=1S/C30H36N4O2/c1-29(2,3)24-14-10-20(11-15-24)19-35-26(32-31)22-8-7-9-23(18-22)28-34-33-27(36-28)21-12-16-25(17-13-21)30(4,5)6/h7-18,28,34H,19,31H2,1-6H3/b32-26-. The Morgan fingerprint density at radius 3 is 2.11 bits per heavy atom. The van der Waals surface area contributed by atoms with Crippen molar-refractivity contribution in [3.05, 3.63) is 106 Å². The monoisotopic (exact) mass is 484 g/mol. The zero-order chi connectivity index (χ0) is 25.9. The van der Waals surface area contributed by atoms with Gasteiger partial charge in [-0.05, 0) is 51.8 Å². The molecular formula is C30H36N4O2. The first-order valence-corrected chi connectivity index (χ1v) is 12.3. The summed E-state index contributed by atoms with van der Waals surface area (Å²) in [5.41, 5.74) is 9.49. The third-order valence-corrected chi connectivity index (χ3v) is 6.26. The van der Waals surface area contributed by atoms with Crippen LogP contribution in [0.15, 0.2) is 83.0 Å². The third kappa shape index (κ3) is 5.88. The number of nitrogens with two attached hydrogens (primary N) is 1. The second kappa shape index (κ2) is 10.1. The number of benzene rings is 3. The summed E-state index contributed by atoms with van der Waals surface area (Å²) in [6.45, 7) is 13.6. The minimum atomic E-state index is -0.411. The molecule has 6 nitrogen and oxygen atoms in total. The van der Waals surface area contributed by atoms with Crippen LogP contribution in [0.4, 0.5) is 0 Å². The van der Waals surface area contributed by atoms with Gasteiger partial charge in [0.2, 0.25) is 18.0 Å². The van der Waals surface area contributed by atoms with Gasteiger partial charge >= 0.3 is 0 Å². The van der Waals surface area contributed by atoms with E-state index in [1.165, 1.54) is 11.1 Å². The average Bonchev–Trinajstić information content (AvgIpc) is 3.34. The number of hydrogen-bond donors (Lipinski definition) is 2. The van der Waals surface area contributed by atoms with E-state index < -0.39 is 6.23 Å². The fourth-order valence-electron chi connectivity index (χ4n) is 3.95. The maximum atomic E-state index is 6.12. The van der Waals surface area contributed by atoms with Gasteiger partial charge in [0.25, 0.3) is 0 Å². The van der Waals surface area contributed by atoms with Crippen LogP contribution in [0, 0.1) is 0 Å². The highest BCUT2D eigenvalue weighted by molar-refractivity contribution is 5.95. The topological polar surface area (TPSA) is 81.2 Å². The van der Waals surface area contributed by atoms with E-state index in [1.54, 1.807) is 0 Å². The zero-order valence-corrected chi connectivity index (χ0v) is 22.0. The van der Waals surface area contributed by atoms with Crippen molar-refractivity contribution in [2.24, 2.45) is 16.0 Å². The number of hydrazone groups is 2. The van der Waals surface area contributed by atoms with Crippen LogP contribution in [0.1, 0.15) is 81.2 Å². The first kappa shape index (κ1) is 25.3. The highest BCUT2D eigenvalue weighted by atomic mass is 16.5. The number of nitrogens with zero attached hydrogens (tertiary/aromatic N) is 2. The highest BCUT2D eigenvalue weighted by Crippen LogP contribution is 2.26. The van der Waals surface area contributed by atoms with Crippen LogP contribution < -0.4 is 11.3 Å². The van der Waals surface area contributed by atoms with Gasteiger partial charge in [0.05, 0.1) is 0 Å². The molecule has 3 aromatic carbocycles. The summed E-state index contributed by atoms with van der Waals surface area (Å²) < 4.78 is 12.1. The van der Waals surface area contributed by atoms with Crippen molar-refractivity contribution in [2.45, 2.75) is 65.2 Å². The molecule has 0 fully saturated rings. The summed E-state index contributed by atoms with van der Waals surface area (Å²) in [6, 6.07) is 24.5. The lowest BCUT2D eigenvalue weighted by Crippen LogP contribution is -2.15. The molecule has 0 saturated heterocycles. The van der Waals surface area contributed by atoms with Crippen molar-refractivity contribution < 1.29 is 9.47 Å². The minimum Gasteiger partial charge on any atom is -0.471 e. The van der Waals surface area contributed by atoms with Crippen LogP contribution in [0.2, 0.25) is 0 Å². The minimum absolute atomic E-state index is 0.0955. The summed E-state index contributed by atoms with van der Waals surface area (Å²) in [5, 5.41) is 8.30. The van der Waals surface area contributed by atoms with Gasteiger partial charge in [0.1, 0.15) is 6.61 Å². The Bertz CT molecular complexity index is 1250. The van der Waals surface area contributed by atoms with E-state index in [2.05, 4.69) is 93.6 Å². The first-order chi connectivity index (χ1) is 17.0. The van der Waals surface area contributed by atoms with E-state index >= 15 is 0 Å². The van der Waals surface area contributed by atoms with Crippen molar-refractivity contribution in [2.75, 3.05) is 0 Å². The van der Waals surface area contributed by atoms with Crippen LogP contribution in [0.5, 0.6) is 0 Å². The number of ether oxygens (including phenoxy) is 2. The molecule has 0 amide bonds. The summed E-state index contributed by atoms with van der Waals surface area (Å²) in [7, 11) is 0. The van der Waals surface area contributed by atoms with Gasteiger partial charge in [-0.2, -0.15) is 0 Å². The molecule has 6 heteroatoms. The van der Waals surface area contributed by atoms with Crippen molar-refractivity contribution in [3.8, 4) is 0 Å². The molecular weight excluding hydrogens is 448 g/mol. The summed E-state index contributed by atoms with van der Waals surface area (Å²) in [4.78, 5) is 0. The molecule has 1 aliphatic rings. The molecule has 0 spiro atoms. The zero-order valence-electron chi connectivity index (χ0n) is 22.0. The van der Waals surface area contributed by atoms with Crippen molar-refractivity contribution in [1.82, 2.24) is 5.43 Å². The molecule has 0 aliphatic carbocycles. The molecule has 1 heterocycles. The van der Waals surface area contributed by atoms with Crippen molar-refractivity contribution in [1.29, 1.82) is 0 Å². The predicted octanol–water partition coefficient (Wildman–Crippen LogP) is 6.10. The van der Waals surface area contributed by atoms with Crippen molar-refractivity contribution >= 4 is 11.8 Å². The lowest BCUT2D eigenvalue weighted by atomic mass is 9.87. The Morgan fingerprint density at radius 1 is 0.917 bits per heavy atom. The smallest absolute Gasteiger partial charge is 0.240 e. The van der Waals surface area contributed by atoms with Gasteiger partial charge in [-0.25, -0.2) is 0 Å². The average molecular weight is 485 g/mol. The fourth-order valence-corrected chi connectivity index (χ4v) is 3.95. The lowest BCUT2D eigenvalue weighted by molar-refractivity contribution is 0.191. The van der Waals surface area contributed by atoms with Gasteiger partial charge in [0, 0.05) is 16.7 Å². The molecule has 36 heavy (non-hydrogen) atoms. The van der Waals surface area contributed by atoms with Crippen LogP contribution in [0.3, 0.4) is 0 Å². The molecule has 0 aromatic heterocycles. The largest absolute Gasteiger partial charge is 0.471 e. The Balaban J connectivity index is 1.41. The maximum absolute atomic E-state index is 6.12. The Labute approximate surface area is 214 Å². The van der Waals surface area contributed by atoms with Crippen LogP contribution in [-0.2, 0) is 26.9 Å². The molecule has 4 rings (SSSR count). The van der Waals surface area contributed by atoms with Gasteiger partial charge in [-0.1, -0.05) is 90.1 Å². The second-order valence-electron chi connectivity index (χ2n) is 11.2. The molecule has 1 unspecified atom stereocenters. The maximum Gasteiger partial charge on any atom is 0.240 e. The third-order valence-electron chi connectivity index (χ3n) is 6.26. The number of hydrogen-bond acceptors (Lipinski definition) is 6. The van der Waals surface area contributed by atoms with Crippen LogP contribution in [-0.4, -0.2) is 11.8 Å². The van der Waals surface area contributed by atoms with Gasteiger partial charge < -0.3 is 15.3 Å². The molecule has 0 bridgehead atoms. The summed E-state index contributed by atoms with van der Waals surface area (Å²) in [6.07, 6.45) is -0.411. The predicted molar refractivity (Wildman–Crippen MR) is 146 cm³/mol. The SMILES string of the molecule is CC(C)(C)c1ccc(CO/C(=N\N)c2cccc(C3NN=C(c4ccc(C(C)(C)C)cc4)O3)c2)cc1. The van der Waals surface area contributed by atoms with Crippen LogP contribution >= 0.6 is 0 Å². The summed E-state index contributed by atoms with van der Waals surface area (Å²) >= 11 is 0. The second-order valence-corrected chi connectivity index (χ2v) is 11.2. The molecule has 188 valence electrons. The number of rotatable bonds is 5. The van der Waals surface area contributed by atoms with E-state index in [-0.39, 0.29) is 10.8 Å². The van der Waals surface area contributed by atoms with Crippen LogP contribution in [0.25, 0.3) is 0 Å². The molecule has 0 radical (unpaired) electrons. The van der Waals surface area contributed by atoms with Crippen molar-refractivity contribution in [3.63, 3.8) is 0 Å². The van der Waals surface area contributed by atoms with E-state index in [9.17, 15) is 0 Å². The highest BCUT2D eigenvalue weighted by Gasteiger charge is 2.24. The van der Waals surface area contributed by atoms with Gasteiger partial charge in [-0.15, -0.1) is 10.2 Å². The van der Waals surface area contributed by atoms with E-state index in [0.717, 1.165) is 22.3 Å². The van der Waals surface area contributed by atoms with E-state index in [4.69, 9.17) is 15.3 Å². The number of nitrogens with one attached hydrogen (secondary N) is 1. The molecule has 3 aromatic rings. The van der Waals surface area contributed by atoms with E-state index in [1.807, 2.05) is 36.4 Å². The van der Waals surface area contributed by atoms with Gasteiger partial charge in [-0.3, -0.25) is 5.43 Å².